The molecular formula is C11H11Br2N5O2S. The van der Waals surface area contributed by atoms with Crippen LogP contribution >= 0.6 is 43.6 Å². The fourth-order valence-corrected chi connectivity index (χ4v) is 3.28. The van der Waals surface area contributed by atoms with Gasteiger partial charge < -0.3 is 15.8 Å². The van der Waals surface area contributed by atoms with Gasteiger partial charge in [-0.15, -0.1) is 5.10 Å². The third kappa shape index (κ3) is 4.35. The highest BCUT2D eigenvalue weighted by molar-refractivity contribution is 9.11. The minimum atomic E-state index is -0.187. The summed E-state index contributed by atoms with van der Waals surface area (Å²) in [7, 11) is 1.56. The average molecular weight is 437 g/mol. The van der Waals surface area contributed by atoms with Gasteiger partial charge in [-0.05, 0) is 37.9 Å². The highest BCUT2D eigenvalue weighted by Crippen LogP contribution is 2.34. The van der Waals surface area contributed by atoms with Gasteiger partial charge in [0, 0.05) is 10.5 Å². The minimum absolute atomic E-state index is 0.169. The molecule has 0 spiro atoms. The highest BCUT2D eigenvalue weighted by Gasteiger charge is 2.11. The zero-order valence-corrected chi connectivity index (χ0v) is 14.8. The first kappa shape index (κ1) is 16.1. The topological polar surface area (TPSA) is 106 Å². The Morgan fingerprint density at radius 2 is 2.24 bits per heavy atom. The number of hydrogen-bond donors (Lipinski definition) is 3. The quantitative estimate of drug-likeness (QED) is 0.622. The summed E-state index contributed by atoms with van der Waals surface area (Å²) in [4.78, 5) is 15.8. The molecule has 0 unspecified atom stereocenters. The van der Waals surface area contributed by atoms with E-state index in [1.54, 1.807) is 19.2 Å². The van der Waals surface area contributed by atoms with Crippen LogP contribution < -0.4 is 15.8 Å². The molecule has 4 N–H and O–H groups in total. The Hall–Kier alpha value is -1.26. The Balaban J connectivity index is 1.99. The fraction of sp³-hybridized carbons (Fsp3) is 0.182. The number of ether oxygens (including phenoxy) is 1. The number of rotatable bonds is 5. The number of thioether (sulfide) groups is 1. The Labute approximate surface area is 141 Å². The molecule has 7 nitrogen and oxygen atoms in total. The molecule has 1 heterocycles. The molecule has 1 aromatic heterocycles. The van der Waals surface area contributed by atoms with Gasteiger partial charge in [-0.25, -0.2) is 5.10 Å². The molecule has 2 aromatic rings. The number of aromatic nitrogens is 3. The van der Waals surface area contributed by atoms with Gasteiger partial charge in [0.1, 0.15) is 5.75 Å². The number of carbonyl (C=O) groups excluding carboxylic acids is 1. The molecule has 0 saturated heterocycles. The predicted octanol–water partition coefficient (Wildman–Crippen LogP) is 2.65. The number of benzene rings is 1. The fourth-order valence-electron chi connectivity index (χ4n) is 1.42. The van der Waals surface area contributed by atoms with E-state index in [-0.39, 0.29) is 17.6 Å². The maximum absolute atomic E-state index is 11.9. The normalized spacial score (nSPS) is 10.4. The van der Waals surface area contributed by atoms with Gasteiger partial charge in [-0.2, -0.15) is 4.98 Å². The van der Waals surface area contributed by atoms with Gasteiger partial charge in [-0.1, -0.05) is 11.8 Å². The van der Waals surface area contributed by atoms with E-state index in [1.807, 2.05) is 0 Å². The maximum atomic E-state index is 11.9. The number of carbonyl (C=O) groups is 1. The molecule has 21 heavy (non-hydrogen) atoms. The Bertz CT molecular complexity index is 664. The van der Waals surface area contributed by atoms with Crippen LogP contribution in [0.25, 0.3) is 0 Å². The SMILES string of the molecule is COc1cc(NC(=O)CSc2n[nH]c(N)n2)c(Br)cc1Br. The van der Waals surface area contributed by atoms with Gasteiger partial charge in [-0.3, -0.25) is 4.79 Å². The predicted molar refractivity (Wildman–Crippen MR) is 88.5 cm³/mol. The Morgan fingerprint density at radius 1 is 1.48 bits per heavy atom. The molecule has 0 aliphatic carbocycles. The average Bonchev–Trinajstić information content (AvgIpc) is 2.85. The van der Waals surface area contributed by atoms with Crippen molar-refractivity contribution in [2.45, 2.75) is 5.16 Å². The molecule has 112 valence electrons. The smallest absolute Gasteiger partial charge is 0.234 e. The zero-order valence-electron chi connectivity index (χ0n) is 10.8. The molecule has 0 aliphatic rings. The molecule has 0 bridgehead atoms. The lowest BCUT2D eigenvalue weighted by Gasteiger charge is -2.10. The lowest BCUT2D eigenvalue weighted by atomic mass is 10.3. The van der Waals surface area contributed by atoms with Crippen molar-refractivity contribution >= 4 is 61.2 Å². The number of nitrogens with zero attached hydrogens (tertiary/aromatic N) is 2. The van der Waals surface area contributed by atoms with E-state index >= 15 is 0 Å². The molecule has 0 fully saturated rings. The summed E-state index contributed by atoms with van der Waals surface area (Å²) in [5.74, 6) is 0.830. The molecule has 0 radical (unpaired) electrons. The van der Waals surface area contributed by atoms with Gasteiger partial charge in [0.05, 0.1) is 23.0 Å². The summed E-state index contributed by atoms with van der Waals surface area (Å²) in [5, 5.41) is 9.56. The van der Waals surface area contributed by atoms with Crippen LogP contribution in [0.4, 0.5) is 11.6 Å². The third-order valence-corrected chi connectivity index (χ3v) is 4.45. The van der Waals surface area contributed by atoms with Gasteiger partial charge in [0.2, 0.25) is 17.0 Å². The number of H-pyrrole nitrogens is 1. The lowest BCUT2D eigenvalue weighted by molar-refractivity contribution is -0.113. The van der Waals surface area contributed by atoms with Crippen LogP contribution in [0.5, 0.6) is 5.75 Å². The molecule has 10 heteroatoms. The van der Waals surface area contributed by atoms with Crippen molar-refractivity contribution < 1.29 is 9.53 Å². The number of nitrogen functional groups attached to an aromatic ring is 1. The van der Waals surface area contributed by atoms with Gasteiger partial charge in [0.15, 0.2) is 0 Å². The monoisotopic (exact) mass is 435 g/mol. The van der Waals surface area contributed by atoms with Crippen LogP contribution in [0.3, 0.4) is 0 Å². The van der Waals surface area contributed by atoms with E-state index in [0.29, 0.717) is 16.6 Å². The second kappa shape index (κ2) is 7.14. The third-order valence-electron chi connectivity index (χ3n) is 2.33. The summed E-state index contributed by atoms with van der Waals surface area (Å²) in [5.41, 5.74) is 6.03. The molecule has 0 atom stereocenters. The van der Waals surface area contributed by atoms with E-state index in [9.17, 15) is 4.79 Å². The van der Waals surface area contributed by atoms with E-state index in [1.165, 1.54) is 11.8 Å². The van der Waals surface area contributed by atoms with Crippen LogP contribution in [0.1, 0.15) is 0 Å². The largest absolute Gasteiger partial charge is 0.495 e. The van der Waals surface area contributed by atoms with Gasteiger partial charge >= 0.3 is 0 Å². The standard InChI is InChI=1S/C11H11Br2N5O2S/c1-20-8-3-7(5(12)2-6(8)13)15-9(19)4-21-11-16-10(14)17-18-11/h2-3H,4H2,1H3,(H,15,19)(H3,14,16,17,18). The summed E-state index contributed by atoms with van der Waals surface area (Å²) < 4.78 is 6.73. The first-order chi connectivity index (χ1) is 9.99. The summed E-state index contributed by atoms with van der Waals surface area (Å²) in [6, 6.07) is 3.53. The van der Waals surface area contributed by atoms with Crippen LogP contribution in [0.15, 0.2) is 26.2 Å². The molecule has 1 aromatic carbocycles. The maximum Gasteiger partial charge on any atom is 0.234 e. The molecule has 0 saturated carbocycles. The number of hydrogen-bond acceptors (Lipinski definition) is 6. The summed E-state index contributed by atoms with van der Waals surface area (Å²) in [6.07, 6.45) is 0. The number of nitrogens with two attached hydrogens (primary N) is 1. The van der Waals surface area contributed by atoms with Crippen molar-refractivity contribution in [2.24, 2.45) is 0 Å². The molecule has 2 rings (SSSR count). The molecular weight excluding hydrogens is 426 g/mol. The van der Waals surface area contributed by atoms with E-state index in [2.05, 4.69) is 52.4 Å². The number of methoxy groups -OCH3 is 1. The van der Waals surface area contributed by atoms with Crippen LogP contribution in [0.2, 0.25) is 0 Å². The van der Waals surface area contributed by atoms with Crippen molar-refractivity contribution in [2.75, 3.05) is 23.9 Å². The van der Waals surface area contributed by atoms with E-state index < -0.39 is 0 Å². The second-order valence-electron chi connectivity index (χ2n) is 3.81. The van der Waals surface area contributed by atoms with Gasteiger partial charge in [0.25, 0.3) is 0 Å². The van der Waals surface area contributed by atoms with Crippen molar-refractivity contribution in [3.63, 3.8) is 0 Å². The molecule has 1 amide bonds. The van der Waals surface area contributed by atoms with Crippen molar-refractivity contribution in [1.82, 2.24) is 15.2 Å². The summed E-state index contributed by atoms with van der Waals surface area (Å²) >= 11 is 7.94. The van der Waals surface area contributed by atoms with Crippen LogP contribution in [0, 0.1) is 0 Å². The lowest BCUT2D eigenvalue weighted by Crippen LogP contribution is -2.14. The summed E-state index contributed by atoms with van der Waals surface area (Å²) in [6.45, 7) is 0. The number of amides is 1. The highest BCUT2D eigenvalue weighted by atomic mass is 79.9. The number of aromatic amines is 1. The Kier molecular flexibility index (Phi) is 5.48. The van der Waals surface area contributed by atoms with E-state index in [0.717, 1.165) is 8.95 Å². The first-order valence-electron chi connectivity index (χ1n) is 5.63. The number of anilines is 2. The number of halogens is 2. The minimum Gasteiger partial charge on any atom is -0.495 e. The first-order valence-corrected chi connectivity index (χ1v) is 8.20. The van der Waals surface area contributed by atoms with E-state index in [4.69, 9.17) is 10.5 Å². The van der Waals surface area contributed by atoms with Crippen molar-refractivity contribution in [3.8, 4) is 5.75 Å². The van der Waals surface area contributed by atoms with Crippen LogP contribution in [-0.2, 0) is 4.79 Å². The van der Waals surface area contributed by atoms with Crippen LogP contribution in [-0.4, -0.2) is 34.0 Å². The van der Waals surface area contributed by atoms with Crippen molar-refractivity contribution in [1.29, 1.82) is 0 Å². The Morgan fingerprint density at radius 3 is 2.86 bits per heavy atom. The second-order valence-corrected chi connectivity index (χ2v) is 6.46. The number of nitrogens with one attached hydrogen (secondary N) is 2. The van der Waals surface area contributed by atoms with Crippen molar-refractivity contribution in [3.05, 3.63) is 21.1 Å². The zero-order chi connectivity index (χ0) is 15.4. The molecule has 0 aliphatic heterocycles.